The third-order valence-corrected chi connectivity index (χ3v) is 2.89. The van der Waals surface area contributed by atoms with Crippen molar-refractivity contribution in [2.75, 3.05) is 0 Å². The van der Waals surface area contributed by atoms with Crippen molar-refractivity contribution in [1.82, 2.24) is 0 Å². The van der Waals surface area contributed by atoms with Crippen LogP contribution in [0.3, 0.4) is 0 Å². The number of halogens is 4. The zero-order valence-electron chi connectivity index (χ0n) is 9.48. The van der Waals surface area contributed by atoms with E-state index >= 15 is 0 Å². The minimum absolute atomic E-state index is 0.0261. The predicted octanol–water partition coefficient (Wildman–Crippen LogP) is 4.43. The summed E-state index contributed by atoms with van der Waals surface area (Å²) in [4.78, 5) is 0. The average Bonchev–Trinajstić information content (AvgIpc) is 2.15. The highest BCUT2D eigenvalue weighted by molar-refractivity contribution is 9.10. The quantitative estimate of drug-likeness (QED) is 0.803. The summed E-state index contributed by atoms with van der Waals surface area (Å²) >= 11 is 2.89. The molecule has 0 aliphatic rings. The number of hydrogen-bond acceptors (Lipinski definition) is 1. The topological polar surface area (TPSA) is 26.0 Å². The lowest BCUT2D eigenvalue weighted by Crippen LogP contribution is -2.11. The molecule has 0 spiro atoms. The third-order valence-electron chi connectivity index (χ3n) is 2.19. The zero-order valence-corrected chi connectivity index (χ0v) is 11.1. The fourth-order valence-corrected chi connectivity index (χ4v) is 1.89. The van der Waals surface area contributed by atoms with Gasteiger partial charge in [-0.15, -0.1) is 0 Å². The molecule has 2 N–H and O–H groups in total. The number of hydrogen-bond donors (Lipinski definition) is 1. The average molecular weight is 308 g/mol. The summed E-state index contributed by atoms with van der Waals surface area (Å²) in [5.74, 6) is 0. The zero-order chi connectivity index (χ0) is 13.2. The van der Waals surface area contributed by atoms with Crippen molar-refractivity contribution in [1.29, 1.82) is 0 Å². The van der Waals surface area contributed by atoms with Gasteiger partial charge < -0.3 is 5.73 Å². The fourth-order valence-electron chi connectivity index (χ4n) is 1.42. The van der Waals surface area contributed by atoms with Crippen LogP contribution in [0.2, 0.25) is 0 Å². The van der Waals surface area contributed by atoms with Gasteiger partial charge in [-0.25, -0.2) is 0 Å². The van der Waals surface area contributed by atoms with Crippen molar-refractivity contribution in [3.63, 3.8) is 0 Å². The van der Waals surface area contributed by atoms with Crippen LogP contribution in [0.25, 0.3) is 0 Å². The minimum atomic E-state index is -4.38. The molecule has 0 saturated carbocycles. The summed E-state index contributed by atoms with van der Waals surface area (Å²) in [5.41, 5.74) is 6.51. The van der Waals surface area contributed by atoms with Gasteiger partial charge in [0.15, 0.2) is 0 Å². The molecular formula is C12H13BrF3N. The molecule has 0 fully saturated rings. The van der Waals surface area contributed by atoms with E-state index in [2.05, 4.69) is 15.9 Å². The molecule has 0 aliphatic heterocycles. The van der Waals surface area contributed by atoms with Gasteiger partial charge in [0.2, 0.25) is 0 Å². The first-order valence-corrected chi connectivity index (χ1v) is 5.78. The lowest BCUT2D eigenvalue weighted by atomic mass is 10.0. The van der Waals surface area contributed by atoms with Gasteiger partial charge in [-0.3, -0.25) is 0 Å². The van der Waals surface area contributed by atoms with Crippen molar-refractivity contribution >= 4 is 15.9 Å². The van der Waals surface area contributed by atoms with E-state index in [1.165, 1.54) is 6.07 Å². The van der Waals surface area contributed by atoms with Crippen molar-refractivity contribution in [3.8, 4) is 0 Å². The van der Waals surface area contributed by atoms with Gasteiger partial charge in [-0.2, -0.15) is 13.2 Å². The molecular weight excluding hydrogens is 295 g/mol. The van der Waals surface area contributed by atoms with Gasteiger partial charge in [0.1, 0.15) is 0 Å². The Bertz CT molecular complexity index is 434. The highest BCUT2D eigenvalue weighted by Crippen LogP contribution is 2.36. The van der Waals surface area contributed by atoms with Gasteiger partial charge in [0.05, 0.1) is 5.56 Å². The number of benzene rings is 1. The van der Waals surface area contributed by atoms with Crippen molar-refractivity contribution in [2.45, 2.75) is 26.1 Å². The van der Waals surface area contributed by atoms with Crippen molar-refractivity contribution in [3.05, 3.63) is 45.4 Å². The number of allylic oxidation sites excluding steroid dienone is 1. The summed E-state index contributed by atoms with van der Waals surface area (Å²) in [7, 11) is 0. The van der Waals surface area contributed by atoms with Gasteiger partial charge >= 0.3 is 6.18 Å². The minimum Gasteiger partial charge on any atom is -0.321 e. The Morgan fingerprint density at radius 2 is 1.94 bits per heavy atom. The largest absolute Gasteiger partial charge is 0.417 e. The highest BCUT2D eigenvalue weighted by atomic mass is 79.9. The maximum Gasteiger partial charge on any atom is 0.417 e. The van der Waals surface area contributed by atoms with Crippen LogP contribution in [0.1, 0.15) is 31.0 Å². The van der Waals surface area contributed by atoms with Crippen LogP contribution in [0, 0.1) is 0 Å². The van der Waals surface area contributed by atoms with Crippen LogP contribution < -0.4 is 5.73 Å². The van der Waals surface area contributed by atoms with Crippen LogP contribution in [-0.4, -0.2) is 0 Å². The number of rotatable bonds is 2. The Kier molecular flexibility index (Phi) is 4.38. The van der Waals surface area contributed by atoms with Crippen LogP contribution >= 0.6 is 15.9 Å². The Hall–Kier alpha value is -0.810. The van der Waals surface area contributed by atoms with Gasteiger partial charge in [0, 0.05) is 10.5 Å². The number of alkyl halides is 3. The van der Waals surface area contributed by atoms with Crippen LogP contribution in [0.5, 0.6) is 0 Å². The summed E-state index contributed by atoms with van der Waals surface area (Å²) in [6, 6.07) is 3.52. The van der Waals surface area contributed by atoms with E-state index in [-0.39, 0.29) is 4.47 Å². The first-order chi connectivity index (χ1) is 7.71. The van der Waals surface area contributed by atoms with Crippen molar-refractivity contribution in [2.24, 2.45) is 5.73 Å². The molecule has 1 atom stereocenters. The van der Waals surface area contributed by atoms with E-state index in [0.29, 0.717) is 5.56 Å². The first kappa shape index (κ1) is 14.3. The smallest absolute Gasteiger partial charge is 0.321 e. The summed E-state index contributed by atoms with van der Waals surface area (Å²) in [6.07, 6.45) is -2.65. The molecule has 0 saturated heterocycles. The van der Waals surface area contributed by atoms with E-state index < -0.39 is 17.8 Å². The second kappa shape index (κ2) is 5.23. The fraction of sp³-hybridized carbons (Fsp3) is 0.333. The van der Waals surface area contributed by atoms with Crippen LogP contribution in [-0.2, 0) is 6.18 Å². The van der Waals surface area contributed by atoms with Gasteiger partial charge in [0.25, 0.3) is 0 Å². The summed E-state index contributed by atoms with van der Waals surface area (Å²) in [5, 5.41) is 0. The molecule has 0 bridgehead atoms. The maximum absolute atomic E-state index is 12.7. The normalized spacial score (nSPS) is 13.4. The maximum atomic E-state index is 12.7. The Morgan fingerprint density at radius 3 is 2.41 bits per heavy atom. The molecule has 1 rings (SSSR count). The van der Waals surface area contributed by atoms with E-state index in [0.717, 1.165) is 11.6 Å². The second-order valence-corrected chi connectivity index (χ2v) is 4.86. The van der Waals surface area contributed by atoms with Crippen molar-refractivity contribution < 1.29 is 13.2 Å². The number of nitrogens with two attached hydrogens (primary N) is 1. The summed E-state index contributed by atoms with van der Waals surface area (Å²) < 4.78 is 38.0. The second-order valence-electron chi connectivity index (χ2n) is 4.01. The molecule has 1 aromatic carbocycles. The lowest BCUT2D eigenvalue weighted by Gasteiger charge is -2.13. The van der Waals surface area contributed by atoms with E-state index in [1.807, 2.05) is 13.8 Å². The van der Waals surface area contributed by atoms with Crippen LogP contribution in [0.15, 0.2) is 34.3 Å². The first-order valence-electron chi connectivity index (χ1n) is 4.99. The Labute approximate surface area is 107 Å². The molecule has 1 nitrogen and oxygen atoms in total. The van der Waals surface area contributed by atoms with Gasteiger partial charge in [-0.1, -0.05) is 33.6 Å². The van der Waals surface area contributed by atoms with Crippen LogP contribution in [0.4, 0.5) is 13.2 Å². The standard InChI is InChI=1S/C12H13BrF3N/c1-7(2)5-11(17)8-3-4-10(13)9(6-8)12(14,15)16/h3-6,11H,17H2,1-2H3. The molecule has 1 aromatic rings. The Balaban J connectivity index is 3.18. The molecule has 1 unspecified atom stereocenters. The molecule has 0 aliphatic carbocycles. The Morgan fingerprint density at radius 1 is 1.35 bits per heavy atom. The lowest BCUT2D eigenvalue weighted by molar-refractivity contribution is -0.138. The predicted molar refractivity (Wildman–Crippen MR) is 65.5 cm³/mol. The molecule has 0 heterocycles. The summed E-state index contributed by atoms with van der Waals surface area (Å²) in [6.45, 7) is 3.70. The molecule has 0 radical (unpaired) electrons. The van der Waals surface area contributed by atoms with E-state index in [1.54, 1.807) is 12.1 Å². The molecule has 17 heavy (non-hydrogen) atoms. The van der Waals surface area contributed by atoms with E-state index in [9.17, 15) is 13.2 Å². The molecule has 0 aromatic heterocycles. The molecule has 0 amide bonds. The SMILES string of the molecule is CC(C)=CC(N)c1ccc(Br)c(C(F)(F)F)c1. The highest BCUT2D eigenvalue weighted by Gasteiger charge is 2.33. The van der Waals surface area contributed by atoms with Gasteiger partial charge in [-0.05, 0) is 31.5 Å². The molecule has 5 heteroatoms. The van der Waals surface area contributed by atoms with E-state index in [4.69, 9.17) is 5.73 Å². The molecule has 94 valence electrons. The monoisotopic (exact) mass is 307 g/mol. The third kappa shape index (κ3) is 3.85.